The van der Waals surface area contributed by atoms with Gasteiger partial charge in [0.1, 0.15) is 0 Å². The molecule has 3 aromatic rings. The summed E-state index contributed by atoms with van der Waals surface area (Å²) in [6.45, 7) is 4.99. The topological polar surface area (TPSA) is 95.6 Å². The van der Waals surface area contributed by atoms with Crippen molar-refractivity contribution in [1.82, 2.24) is 4.90 Å². The third-order valence-corrected chi connectivity index (χ3v) is 7.33. The van der Waals surface area contributed by atoms with Gasteiger partial charge in [-0.25, -0.2) is 8.42 Å². The first kappa shape index (κ1) is 23.5. The number of likely N-dealkylation sites (tertiary alicyclic amines) is 1. The Balaban J connectivity index is 1.57. The summed E-state index contributed by atoms with van der Waals surface area (Å²) < 4.78 is 28.2. The van der Waals surface area contributed by atoms with Crippen molar-refractivity contribution < 1.29 is 18.0 Å². The van der Waals surface area contributed by atoms with Crippen LogP contribution in [0.1, 0.15) is 44.7 Å². The van der Waals surface area contributed by atoms with Crippen LogP contribution in [-0.2, 0) is 10.0 Å². The second-order valence-corrected chi connectivity index (χ2v) is 10.1. The Morgan fingerprint density at radius 3 is 2.12 bits per heavy atom. The Hall–Kier alpha value is -3.65. The standard InChI is InChI=1S/C26H27N3O4S/c1-18-12-14-20(15-13-18)34(32,33)28-23-11-7-9-21(19(23)2)25(30)27-24-10-4-3-8-22(24)26(31)29-16-5-6-17-29/h3-4,7-15,28H,5-6,16-17H2,1-2H3,(H,27,30). The van der Waals surface area contributed by atoms with Crippen LogP contribution in [0.3, 0.4) is 0 Å². The van der Waals surface area contributed by atoms with Crippen LogP contribution in [0, 0.1) is 13.8 Å². The van der Waals surface area contributed by atoms with Crippen molar-refractivity contribution in [2.45, 2.75) is 31.6 Å². The molecule has 7 nitrogen and oxygen atoms in total. The predicted molar refractivity (Wildman–Crippen MR) is 133 cm³/mol. The van der Waals surface area contributed by atoms with Crippen LogP contribution in [0.15, 0.2) is 71.6 Å². The number of amides is 2. The summed E-state index contributed by atoms with van der Waals surface area (Å²) >= 11 is 0. The molecule has 0 saturated carbocycles. The Morgan fingerprint density at radius 1 is 0.794 bits per heavy atom. The maximum Gasteiger partial charge on any atom is 0.261 e. The average molecular weight is 478 g/mol. The van der Waals surface area contributed by atoms with E-state index in [1.807, 2.05) is 6.92 Å². The lowest BCUT2D eigenvalue weighted by atomic mass is 10.1. The van der Waals surface area contributed by atoms with Crippen LogP contribution in [0.5, 0.6) is 0 Å². The molecule has 8 heteroatoms. The minimum absolute atomic E-state index is 0.107. The van der Waals surface area contributed by atoms with Gasteiger partial charge >= 0.3 is 0 Å². The van der Waals surface area contributed by atoms with E-state index < -0.39 is 15.9 Å². The summed E-state index contributed by atoms with van der Waals surface area (Å²) in [5, 5.41) is 2.84. The van der Waals surface area contributed by atoms with E-state index in [0.717, 1.165) is 18.4 Å². The van der Waals surface area contributed by atoms with Gasteiger partial charge in [0.25, 0.3) is 21.8 Å². The van der Waals surface area contributed by atoms with E-state index in [1.54, 1.807) is 66.4 Å². The third-order valence-electron chi connectivity index (χ3n) is 5.95. The van der Waals surface area contributed by atoms with Crippen molar-refractivity contribution in [3.05, 3.63) is 89.0 Å². The number of nitrogens with one attached hydrogen (secondary N) is 2. The van der Waals surface area contributed by atoms with Gasteiger partial charge in [0, 0.05) is 18.7 Å². The Labute approximate surface area is 199 Å². The van der Waals surface area contributed by atoms with Crippen LogP contribution < -0.4 is 10.0 Å². The zero-order valence-electron chi connectivity index (χ0n) is 19.2. The van der Waals surface area contributed by atoms with Crippen molar-refractivity contribution in [2.75, 3.05) is 23.1 Å². The lowest BCUT2D eigenvalue weighted by molar-refractivity contribution is 0.0794. The maximum atomic E-state index is 13.1. The molecule has 0 aromatic heterocycles. The van der Waals surface area contributed by atoms with Gasteiger partial charge in [0.2, 0.25) is 0 Å². The molecule has 2 amide bonds. The second kappa shape index (κ2) is 9.69. The fraction of sp³-hybridized carbons (Fsp3) is 0.231. The number of sulfonamides is 1. The molecule has 0 spiro atoms. The molecule has 0 aliphatic carbocycles. The van der Waals surface area contributed by atoms with E-state index in [9.17, 15) is 18.0 Å². The average Bonchev–Trinajstić information content (AvgIpc) is 3.35. The van der Waals surface area contributed by atoms with Crippen LogP contribution in [0.25, 0.3) is 0 Å². The first-order valence-electron chi connectivity index (χ1n) is 11.1. The fourth-order valence-electron chi connectivity index (χ4n) is 3.97. The summed E-state index contributed by atoms with van der Waals surface area (Å²) in [6.07, 6.45) is 1.95. The molecule has 34 heavy (non-hydrogen) atoms. The highest BCUT2D eigenvalue weighted by atomic mass is 32.2. The van der Waals surface area contributed by atoms with Gasteiger partial charge in [-0.05, 0) is 68.7 Å². The van der Waals surface area contributed by atoms with Gasteiger partial charge in [0.05, 0.1) is 21.8 Å². The molecule has 1 fully saturated rings. The molecule has 0 radical (unpaired) electrons. The normalized spacial score (nSPS) is 13.5. The first-order valence-corrected chi connectivity index (χ1v) is 12.6. The number of hydrogen-bond acceptors (Lipinski definition) is 4. The molecule has 2 N–H and O–H groups in total. The number of aryl methyl sites for hydroxylation is 1. The quantitative estimate of drug-likeness (QED) is 0.543. The molecular formula is C26H27N3O4S. The van der Waals surface area contributed by atoms with Crippen LogP contribution in [-0.4, -0.2) is 38.2 Å². The predicted octanol–water partition coefficient (Wildman–Crippen LogP) is 4.59. The largest absolute Gasteiger partial charge is 0.339 e. The van der Waals surface area contributed by atoms with Crippen LogP contribution >= 0.6 is 0 Å². The van der Waals surface area contributed by atoms with Gasteiger partial charge in [-0.15, -0.1) is 0 Å². The van der Waals surface area contributed by atoms with Gasteiger partial charge in [-0.3, -0.25) is 14.3 Å². The Kier molecular flexibility index (Phi) is 6.70. The maximum absolute atomic E-state index is 13.1. The summed E-state index contributed by atoms with van der Waals surface area (Å²) in [4.78, 5) is 28.0. The van der Waals surface area contributed by atoms with Crippen molar-refractivity contribution >= 4 is 33.2 Å². The molecule has 0 bridgehead atoms. The summed E-state index contributed by atoms with van der Waals surface area (Å²) in [5.74, 6) is -0.528. The number of carbonyl (C=O) groups is 2. The van der Waals surface area contributed by atoms with E-state index in [-0.39, 0.29) is 10.8 Å². The number of nitrogens with zero attached hydrogens (tertiary/aromatic N) is 1. The Morgan fingerprint density at radius 2 is 1.41 bits per heavy atom. The Bertz CT molecular complexity index is 1330. The molecule has 1 heterocycles. The summed E-state index contributed by atoms with van der Waals surface area (Å²) in [7, 11) is -3.81. The number of rotatable bonds is 6. The highest BCUT2D eigenvalue weighted by Gasteiger charge is 2.23. The van der Waals surface area contributed by atoms with E-state index in [4.69, 9.17) is 0 Å². The van der Waals surface area contributed by atoms with Gasteiger partial charge < -0.3 is 10.2 Å². The summed E-state index contributed by atoms with van der Waals surface area (Å²) in [5.41, 5.74) is 2.93. The molecule has 1 aliphatic rings. The molecule has 3 aromatic carbocycles. The highest BCUT2D eigenvalue weighted by molar-refractivity contribution is 7.92. The van der Waals surface area contributed by atoms with E-state index >= 15 is 0 Å². The smallest absolute Gasteiger partial charge is 0.261 e. The lowest BCUT2D eigenvalue weighted by Gasteiger charge is -2.18. The SMILES string of the molecule is Cc1ccc(S(=O)(=O)Nc2cccc(C(=O)Nc3ccccc3C(=O)N3CCCC3)c2C)cc1. The molecule has 4 rings (SSSR count). The van der Waals surface area contributed by atoms with E-state index in [1.165, 1.54) is 12.1 Å². The van der Waals surface area contributed by atoms with Gasteiger partial charge in [-0.2, -0.15) is 0 Å². The molecule has 176 valence electrons. The number of anilines is 2. The van der Waals surface area contributed by atoms with Crippen molar-refractivity contribution in [3.8, 4) is 0 Å². The van der Waals surface area contributed by atoms with E-state index in [0.29, 0.717) is 41.2 Å². The molecule has 0 atom stereocenters. The fourth-order valence-corrected chi connectivity index (χ4v) is 5.10. The lowest BCUT2D eigenvalue weighted by Crippen LogP contribution is -2.29. The van der Waals surface area contributed by atoms with Crippen molar-refractivity contribution in [3.63, 3.8) is 0 Å². The number of para-hydroxylation sites is 1. The first-order chi connectivity index (χ1) is 16.3. The third kappa shape index (κ3) is 4.97. The molecular weight excluding hydrogens is 450 g/mol. The monoisotopic (exact) mass is 477 g/mol. The minimum atomic E-state index is -3.81. The molecule has 1 saturated heterocycles. The van der Waals surface area contributed by atoms with Crippen molar-refractivity contribution in [1.29, 1.82) is 0 Å². The zero-order valence-corrected chi connectivity index (χ0v) is 20.0. The van der Waals surface area contributed by atoms with Crippen LogP contribution in [0.4, 0.5) is 11.4 Å². The number of hydrogen-bond donors (Lipinski definition) is 2. The number of benzene rings is 3. The van der Waals surface area contributed by atoms with Crippen LogP contribution in [0.2, 0.25) is 0 Å². The zero-order chi connectivity index (χ0) is 24.3. The molecule has 0 unspecified atom stereocenters. The van der Waals surface area contributed by atoms with E-state index in [2.05, 4.69) is 10.0 Å². The summed E-state index contributed by atoms with van der Waals surface area (Å²) in [6, 6.07) is 18.3. The second-order valence-electron chi connectivity index (χ2n) is 8.40. The number of carbonyl (C=O) groups excluding carboxylic acids is 2. The highest BCUT2D eigenvalue weighted by Crippen LogP contribution is 2.25. The molecule has 1 aliphatic heterocycles. The van der Waals surface area contributed by atoms with Crippen molar-refractivity contribution in [2.24, 2.45) is 0 Å². The minimum Gasteiger partial charge on any atom is -0.339 e. The van der Waals surface area contributed by atoms with Gasteiger partial charge in [0.15, 0.2) is 0 Å². The van der Waals surface area contributed by atoms with Gasteiger partial charge in [-0.1, -0.05) is 35.9 Å².